The topological polar surface area (TPSA) is 231 Å². The monoisotopic (exact) mass is 1410 g/mol. The number of furan rings is 4. The molecular weight excluding hydrogens is 1370 g/mol. The number of hydrogen-bond donors (Lipinski definition) is 3. The molecule has 2 aliphatic rings. The molecule has 1 fully saturated rings. The van der Waals surface area contributed by atoms with Crippen molar-refractivity contribution in [3.63, 3.8) is 0 Å². The molecule has 0 aliphatic carbocycles. The number of amides is 1. The van der Waals surface area contributed by atoms with Crippen molar-refractivity contribution >= 4 is 166 Å². The van der Waals surface area contributed by atoms with Crippen LogP contribution < -0.4 is 14.8 Å². The minimum Gasteiger partial charge on any atom is -0.486 e. The first-order valence-corrected chi connectivity index (χ1v) is 29.4. The number of ether oxygens (including phenoxy) is 4. The number of ketones is 1. The van der Waals surface area contributed by atoms with Gasteiger partial charge < -0.3 is 57.0 Å². The van der Waals surface area contributed by atoms with Gasteiger partial charge in [-0.2, -0.15) is 26.3 Å². The summed E-state index contributed by atoms with van der Waals surface area (Å²) in [7, 11) is 0. The highest BCUT2D eigenvalue weighted by molar-refractivity contribution is 6.47. The molecule has 0 spiro atoms. The number of esters is 2. The number of alkyl halides is 6. The zero-order valence-electron chi connectivity index (χ0n) is 46.1. The molecule has 9 aromatic rings. The number of carbonyl (C=O) groups is 5. The van der Waals surface area contributed by atoms with Gasteiger partial charge in [-0.3, -0.25) is 9.59 Å². The predicted octanol–water partition coefficient (Wildman–Crippen LogP) is 16.7. The second kappa shape index (κ2) is 28.8. The number of fused-ring (bicyclic) bond motifs is 5. The highest BCUT2D eigenvalue weighted by Crippen LogP contribution is 2.43. The number of carboxylic acids is 1. The van der Waals surface area contributed by atoms with Crippen molar-refractivity contribution in [1.82, 2.24) is 10.2 Å². The third kappa shape index (κ3) is 15.1. The Hall–Kier alpha value is -6.77. The number of rotatable bonds is 15. The van der Waals surface area contributed by atoms with Gasteiger partial charge in [0.25, 0.3) is 5.91 Å². The number of likely N-dealkylation sites (tertiary alicyclic amines) is 1. The zero-order valence-corrected chi connectivity index (χ0v) is 52.2. The number of nitrogens with zero attached hydrogens (tertiary/aromatic N) is 1. The van der Waals surface area contributed by atoms with Gasteiger partial charge >= 0.3 is 41.5 Å². The van der Waals surface area contributed by atoms with Crippen LogP contribution in [-0.4, -0.2) is 96.8 Å². The van der Waals surface area contributed by atoms with Crippen LogP contribution in [0.3, 0.4) is 0 Å². The van der Waals surface area contributed by atoms with Crippen molar-refractivity contribution in [3.05, 3.63) is 160 Å². The molecule has 6 heterocycles. The molecule has 17 nitrogen and oxygen atoms in total. The molecule has 0 radical (unpaired) electrons. The fourth-order valence-corrected chi connectivity index (χ4v) is 10.3. The summed E-state index contributed by atoms with van der Waals surface area (Å²) in [4.78, 5) is 59.4. The molecule has 478 valence electrons. The van der Waals surface area contributed by atoms with Crippen molar-refractivity contribution in [2.75, 3.05) is 46.1 Å². The number of aliphatic carboxylic acids is 1. The van der Waals surface area contributed by atoms with Crippen molar-refractivity contribution in [2.45, 2.75) is 56.6 Å². The number of halogens is 14. The molecule has 90 heavy (non-hydrogen) atoms. The molecule has 1 amide bonds. The maximum absolute atomic E-state index is 15.3. The Kier molecular flexibility index (Phi) is 22.1. The lowest BCUT2D eigenvalue weighted by Gasteiger charge is -2.30. The molecular formula is C59H44Cl8F6N2O15. The summed E-state index contributed by atoms with van der Waals surface area (Å²) in [6, 6.07) is 19.6. The Labute approximate surface area is 544 Å². The number of carbonyl (C=O) groups excluding carboxylic acids is 4. The summed E-state index contributed by atoms with van der Waals surface area (Å²) in [5, 5.41) is 24.3. The van der Waals surface area contributed by atoms with Crippen molar-refractivity contribution < 1.29 is 97.1 Å². The number of carboxylic acid groups (broad SMARTS) is 1. The average molecular weight is 1420 g/mol. The van der Waals surface area contributed by atoms with E-state index in [0.29, 0.717) is 46.3 Å². The smallest absolute Gasteiger partial charge is 0.399 e. The van der Waals surface area contributed by atoms with E-state index in [1.54, 1.807) is 37.3 Å². The highest BCUT2D eigenvalue weighted by Gasteiger charge is 2.48. The predicted molar refractivity (Wildman–Crippen MR) is 322 cm³/mol. The summed E-state index contributed by atoms with van der Waals surface area (Å²) < 4.78 is 125. The van der Waals surface area contributed by atoms with Gasteiger partial charge in [0, 0.05) is 28.1 Å². The van der Waals surface area contributed by atoms with Crippen LogP contribution >= 0.6 is 92.8 Å². The number of aliphatic hydroxyl groups excluding tert-OH is 1. The Balaban J connectivity index is 0.000000165. The lowest BCUT2D eigenvalue weighted by atomic mass is 10.0. The van der Waals surface area contributed by atoms with Crippen LogP contribution in [0.2, 0.25) is 40.2 Å². The fourth-order valence-electron chi connectivity index (χ4n) is 8.82. The molecule has 0 saturated carbocycles. The number of hydrogen-bond acceptors (Lipinski definition) is 15. The van der Waals surface area contributed by atoms with E-state index in [4.69, 9.17) is 125 Å². The summed E-state index contributed by atoms with van der Waals surface area (Å²) in [6.07, 6.45) is 0.642. The van der Waals surface area contributed by atoms with Crippen molar-refractivity contribution in [3.8, 4) is 11.5 Å². The Morgan fingerprint density at radius 1 is 0.556 bits per heavy atom. The maximum Gasteiger partial charge on any atom is 0.399 e. The quantitative estimate of drug-likeness (QED) is 0.0375. The summed E-state index contributed by atoms with van der Waals surface area (Å²) in [6.45, 7) is 5.48. The Morgan fingerprint density at radius 3 is 1.43 bits per heavy atom. The van der Waals surface area contributed by atoms with E-state index in [-0.39, 0.29) is 93.6 Å². The first kappa shape index (κ1) is 69.1. The first-order valence-electron chi connectivity index (χ1n) is 26.4. The normalized spacial score (nSPS) is 14.0. The maximum atomic E-state index is 15.3. The molecule has 4 aromatic heterocycles. The molecule has 11 rings (SSSR count). The number of nitrogens with one attached hydrogen (secondary N) is 1. The number of aliphatic hydroxyl groups is 1. The van der Waals surface area contributed by atoms with E-state index in [0.717, 1.165) is 44.1 Å². The third-order valence-electron chi connectivity index (χ3n) is 13.3. The van der Waals surface area contributed by atoms with Crippen molar-refractivity contribution in [2.24, 2.45) is 0 Å². The number of Topliss-reactive ketones (excluding diaryl/α,β-unsaturated/α-hetero) is 1. The second-order valence-electron chi connectivity index (χ2n) is 19.3. The van der Waals surface area contributed by atoms with Crippen LogP contribution in [0.25, 0.3) is 43.9 Å². The number of benzene rings is 5. The molecule has 2 atom stereocenters. The molecule has 1 saturated heterocycles. The summed E-state index contributed by atoms with van der Waals surface area (Å²) in [5.41, 5.74) is 1.05. The van der Waals surface area contributed by atoms with Gasteiger partial charge in [0.15, 0.2) is 34.5 Å². The lowest BCUT2D eigenvalue weighted by Crippen LogP contribution is -2.50. The van der Waals surface area contributed by atoms with Gasteiger partial charge in [-0.1, -0.05) is 98.9 Å². The molecule has 5 aromatic carbocycles. The minimum atomic E-state index is -4.10. The minimum absolute atomic E-state index is 0.0420. The van der Waals surface area contributed by atoms with E-state index in [1.165, 1.54) is 49.4 Å². The van der Waals surface area contributed by atoms with E-state index >= 15 is 8.78 Å². The summed E-state index contributed by atoms with van der Waals surface area (Å²) in [5.74, 6) is -21.2. The van der Waals surface area contributed by atoms with Crippen LogP contribution in [-0.2, 0) is 46.4 Å². The van der Waals surface area contributed by atoms with Crippen LogP contribution in [0.4, 0.5) is 26.3 Å². The van der Waals surface area contributed by atoms with Gasteiger partial charge in [0.1, 0.15) is 41.6 Å². The van der Waals surface area contributed by atoms with Crippen LogP contribution in [0, 0.1) is 0 Å². The molecule has 0 bridgehead atoms. The van der Waals surface area contributed by atoms with Crippen LogP contribution in [0.15, 0.2) is 109 Å². The van der Waals surface area contributed by atoms with Gasteiger partial charge in [-0.25, -0.2) is 14.4 Å². The van der Waals surface area contributed by atoms with Gasteiger partial charge in [0.2, 0.25) is 0 Å². The van der Waals surface area contributed by atoms with Crippen molar-refractivity contribution in [1.29, 1.82) is 0 Å². The Morgan fingerprint density at radius 2 is 0.978 bits per heavy atom. The first-order chi connectivity index (χ1) is 42.5. The van der Waals surface area contributed by atoms with E-state index in [2.05, 4.69) is 14.8 Å². The standard InChI is InChI=1S/C25H24Cl2F2N2O5.C12H8Cl2F2O3.C12H8Cl2O4.C10H4Cl2F2O3/c26-16-4-6-18-15(22(16)27)12-21(36-18)25(28,29)24(33)30-17(13-31-7-1-2-8-31)23(32)14-3-5-19-20(11-14)35-10-9-34-19;1-2-18-11(17)12(15,16)9-5-6-8(19-9)4-3-7(13)10(6)14;1-2-17-12(16)11(15)9-5-6-8(18-9)4-3-7(13)10(6)14;11-5-1-2-6-4(8(5)12)3-7(17-6)10(13,14)9(15)16/h3-6,11-12,17,23,32H,1-2,7-10,13H2,(H,30,33);3-5H,2H2,1H3;3-5H,2H2,1H3;1-3H,(H,15,16)/t17-,23-;;;/m1.../s1. The summed E-state index contributed by atoms with van der Waals surface area (Å²) >= 11 is 47.0. The van der Waals surface area contributed by atoms with Crippen LogP contribution in [0.1, 0.15) is 66.2 Å². The zero-order chi connectivity index (χ0) is 65.7. The average Bonchev–Trinajstić information content (AvgIpc) is 1.94. The van der Waals surface area contributed by atoms with Gasteiger partial charge in [0.05, 0.1) is 59.4 Å². The molecule has 31 heteroatoms. The SMILES string of the molecule is CCOC(=O)C(=O)c1cc2c(Cl)c(Cl)ccc2o1.CCOC(=O)C(F)(F)c1cc2c(Cl)c(Cl)ccc2o1.O=C(N[C@H](CN1CCCC1)[C@H](O)c1ccc2c(c1)OCCO2)C(F)(F)c1cc2c(Cl)c(Cl)ccc2o1.O=C(O)C(F)(F)c1cc2c(Cl)c(Cl)ccc2o1. The third-order valence-corrected chi connectivity index (χ3v) is 16.6. The largest absolute Gasteiger partial charge is 0.486 e. The fraction of sp³-hybridized carbons (Fsp3) is 0.271. The second-order valence-corrected chi connectivity index (χ2v) is 22.4. The molecule has 3 N–H and O–H groups in total. The molecule has 0 unspecified atom stereocenters. The van der Waals surface area contributed by atoms with Gasteiger partial charge in [-0.15, -0.1) is 0 Å². The highest BCUT2D eigenvalue weighted by atomic mass is 35.5. The van der Waals surface area contributed by atoms with Gasteiger partial charge in [-0.05, 0) is 130 Å². The van der Waals surface area contributed by atoms with Crippen LogP contribution in [0.5, 0.6) is 11.5 Å². The van der Waals surface area contributed by atoms with E-state index in [9.17, 15) is 46.6 Å². The molecule has 2 aliphatic heterocycles. The lowest BCUT2D eigenvalue weighted by molar-refractivity contribution is -0.175. The van der Waals surface area contributed by atoms with E-state index in [1.807, 2.05) is 4.90 Å². The van der Waals surface area contributed by atoms with E-state index < -0.39 is 76.8 Å². The Bertz CT molecular complexity index is 4190.